The minimum absolute atomic E-state index is 0.341. The minimum Gasteiger partial charge on any atom is -0.340 e. The van der Waals surface area contributed by atoms with Crippen LogP contribution < -0.4 is 0 Å². The Morgan fingerprint density at radius 3 is 2.47 bits per heavy atom. The molecule has 0 unspecified atom stereocenters. The first-order valence-corrected chi connectivity index (χ1v) is 6.15. The second-order valence-electron chi connectivity index (χ2n) is 4.37. The van der Waals surface area contributed by atoms with Crippen molar-refractivity contribution in [3.05, 3.63) is 70.5 Å². The molecule has 2 atom stereocenters. The van der Waals surface area contributed by atoms with Gasteiger partial charge in [-0.25, -0.2) is 4.39 Å². The van der Waals surface area contributed by atoms with Gasteiger partial charge in [-0.3, -0.25) is 0 Å². The third-order valence-electron chi connectivity index (χ3n) is 3.24. The zero-order chi connectivity index (χ0) is 13.5. The molecule has 1 aliphatic heterocycles. The summed E-state index contributed by atoms with van der Waals surface area (Å²) in [5.41, 5.74) is 0.356. The zero-order valence-electron chi connectivity index (χ0n) is 9.81. The Balaban J connectivity index is 1.99. The van der Waals surface area contributed by atoms with Crippen molar-refractivity contribution in [2.75, 3.05) is 0 Å². The predicted octanol–water partition coefficient (Wildman–Crippen LogP) is 3.97. The predicted molar refractivity (Wildman–Crippen MR) is 69.0 cm³/mol. The molecule has 1 aliphatic rings. The number of hydrogen-bond acceptors (Lipinski definition) is 2. The molecule has 0 aliphatic carbocycles. The smallest absolute Gasteiger partial charge is 0.210 e. The van der Waals surface area contributed by atoms with E-state index in [-0.39, 0.29) is 5.82 Å². The van der Waals surface area contributed by atoms with Gasteiger partial charge in [-0.15, -0.1) is 0 Å². The van der Waals surface area contributed by atoms with Crippen molar-refractivity contribution < 1.29 is 9.13 Å². The van der Waals surface area contributed by atoms with E-state index >= 15 is 0 Å². The molecule has 94 valence electrons. The van der Waals surface area contributed by atoms with Gasteiger partial charge in [0.1, 0.15) is 18.0 Å². The van der Waals surface area contributed by atoms with Crippen molar-refractivity contribution >= 4 is 11.6 Å². The van der Waals surface area contributed by atoms with E-state index in [4.69, 9.17) is 16.3 Å². The van der Waals surface area contributed by atoms with Gasteiger partial charge in [0.15, 0.2) is 0 Å². The molecular formula is C15H9ClFNO. The molecule has 0 aromatic heterocycles. The molecule has 0 bridgehead atoms. The highest BCUT2D eigenvalue weighted by atomic mass is 35.5. The van der Waals surface area contributed by atoms with E-state index in [9.17, 15) is 9.65 Å². The second kappa shape index (κ2) is 4.34. The number of ether oxygens (including phenoxy) is 1. The van der Waals surface area contributed by atoms with Crippen molar-refractivity contribution in [1.29, 1.82) is 5.26 Å². The quantitative estimate of drug-likeness (QED) is 0.776. The van der Waals surface area contributed by atoms with Crippen molar-refractivity contribution in [3.8, 4) is 6.07 Å². The molecule has 19 heavy (non-hydrogen) atoms. The third-order valence-corrected chi connectivity index (χ3v) is 3.59. The Morgan fingerprint density at radius 1 is 1.16 bits per heavy atom. The van der Waals surface area contributed by atoms with Crippen LogP contribution in [0, 0.1) is 17.1 Å². The van der Waals surface area contributed by atoms with Gasteiger partial charge in [-0.05, 0) is 18.2 Å². The van der Waals surface area contributed by atoms with Crippen LogP contribution in [0.1, 0.15) is 17.2 Å². The second-order valence-corrected chi connectivity index (χ2v) is 4.78. The van der Waals surface area contributed by atoms with E-state index in [1.165, 1.54) is 12.1 Å². The van der Waals surface area contributed by atoms with Crippen LogP contribution in [0.25, 0.3) is 0 Å². The molecule has 2 nitrogen and oxygen atoms in total. The highest BCUT2D eigenvalue weighted by Crippen LogP contribution is 2.57. The molecule has 3 rings (SSSR count). The van der Waals surface area contributed by atoms with Crippen molar-refractivity contribution in [1.82, 2.24) is 0 Å². The summed E-state index contributed by atoms with van der Waals surface area (Å²) in [6, 6.07) is 15.2. The molecule has 2 aromatic carbocycles. The highest BCUT2D eigenvalue weighted by molar-refractivity contribution is 6.31. The van der Waals surface area contributed by atoms with E-state index in [0.717, 1.165) is 5.56 Å². The number of benzene rings is 2. The minimum atomic E-state index is -1.06. The first-order valence-electron chi connectivity index (χ1n) is 5.77. The van der Waals surface area contributed by atoms with Crippen LogP contribution in [0.4, 0.5) is 4.39 Å². The van der Waals surface area contributed by atoms with Crippen molar-refractivity contribution in [2.45, 2.75) is 11.7 Å². The van der Waals surface area contributed by atoms with Crippen LogP contribution in [0.2, 0.25) is 5.02 Å². The van der Waals surface area contributed by atoms with Gasteiger partial charge in [0.05, 0.1) is 0 Å². The molecule has 1 heterocycles. The van der Waals surface area contributed by atoms with Crippen LogP contribution in [0.15, 0.2) is 48.5 Å². The fourth-order valence-corrected chi connectivity index (χ4v) is 2.42. The van der Waals surface area contributed by atoms with Gasteiger partial charge in [0.25, 0.3) is 0 Å². The van der Waals surface area contributed by atoms with E-state index in [1.807, 2.05) is 18.2 Å². The Labute approximate surface area is 115 Å². The average Bonchev–Trinajstić information content (AvgIpc) is 3.16. The Morgan fingerprint density at radius 2 is 1.84 bits per heavy atom. The Kier molecular flexibility index (Phi) is 2.78. The van der Waals surface area contributed by atoms with Gasteiger partial charge in [0, 0.05) is 16.1 Å². The standard InChI is InChI=1S/C15H9ClFNO/c16-13-4-2-1-3-12(13)14-15(9-18,19-14)10-5-7-11(17)8-6-10/h1-8,14H/t14-,15+/m0/s1. The number of nitriles is 1. The van der Waals surface area contributed by atoms with E-state index in [1.54, 1.807) is 18.2 Å². The van der Waals surface area contributed by atoms with Gasteiger partial charge in [-0.2, -0.15) is 5.26 Å². The summed E-state index contributed by atoms with van der Waals surface area (Å²) in [7, 11) is 0. The van der Waals surface area contributed by atoms with Crippen LogP contribution in [-0.4, -0.2) is 0 Å². The SMILES string of the molecule is N#C[C@]1(c2ccc(F)cc2)O[C@H]1c1ccccc1Cl. The molecule has 1 saturated heterocycles. The van der Waals surface area contributed by atoms with E-state index < -0.39 is 11.7 Å². The van der Waals surface area contributed by atoms with Crippen LogP contribution in [0.5, 0.6) is 0 Å². The average molecular weight is 274 g/mol. The number of halogens is 2. The summed E-state index contributed by atoms with van der Waals surface area (Å²) >= 11 is 6.11. The van der Waals surface area contributed by atoms with Gasteiger partial charge in [0.2, 0.25) is 5.60 Å². The van der Waals surface area contributed by atoms with Crippen molar-refractivity contribution in [2.24, 2.45) is 0 Å². The first-order chi connectivity index (χ1) is 9.17. The molecule has 4 heteroatoms. The maximum Gasteiger partial charge on any atom is 0.210 e. The van der Waals surface area contributed by atoms with Gasteiger partial charge < -0.3 is 4.74 Å². The van der Waals surface area contributed by atoms with Gasteiger partial charge >= 0.3 is 0 Å². The van der Waals surface area contributed by atoms with E-state index in [0.29, 0.717) is 10.6 Å². The first kappa shape index (κ1) is 12.2. The third kappa shape index (κ3) is 1.90. The lowest BCUT2D eigenvalue weighted by Gasteiger charge is -2.05. The monoisotopic (exact) mass is 273 g/mol. The molecule has 0 N–H and O–H groups in total. The Hall–Kier alpha value is -1.89. The largest absolute Gasteiger partial charge is 0.340 e. The molecule has 0 amide bonds. The van der Waals surface area contributed by atoms with Gasteiger partial charge in [-0.1, -0.05) is 41.9 Å². The van der Waals surface area contributed by atoms with E-state index in [2.05, 4.69) is 6.07 Å². The summed E-state index contributed by atoms with van der Waals surface area (Å²) < 4.78 is 18.5. The van der Waals surface area contributed by atoms with Crippen LogP contribution in [0.3, 0.4) is 0 Å². The molecule has 1 fully saturated rings. The summed E-state index contributed by atoms with van der Waals surface area (Å²) in [6.45, 7) is 0. The molecule has 2 aromatic rings. The fraction of sp³-hybridized carbons (Fsp3) is 0.133. The lowest BCUT2D eigenvalue weighted by Crippen LogP contribution is -2.07. The lowest BCUT2D eigenvalue weighted by atomic mass is 9.93. The van der Waals surface area contributed by atoms with Crippen LogP contribution in [-0.2, 0) is 10.3 Å². The number of hydrogen-bond donors (Lipinski definition) is 0. The summed E-state index contributed by atoms with van der Waals surface area (Å²) in [5, 5.41) is 9.95. The number of rotatable bonds is 2. The normalized spacial score (nSPS) is 24.8. The fourth-order valence-electron chi connectivity index (χ4n) is 2.19. The summed E-state index contributed by atoms with van der Waals surface area (Å²) in [6.07, 6.45) is -0.406. The topological polar surface area (TPSA) is 36.3 Å². The lowest BCUT2D eigenvalue weighted by molar-refractivity contribution is 0.340. The number of nitrogens with zero attached hydrogens (tertiary/aromatic N) is 1. The zero-order valence-corrected chi connectivity index (χ0v) is 10.6. The molecule has 0 spiro atoms. The van der Waals surface area contributed by atoms with Crippen molar-refractivity contribution in [3.63, 3.8) is 0 Å². The summed E-state index contributed by atoms with van der Waals surface area (Å²) in [4.78, 5) is 0. The highest BCUT2D eigenvalue weighted by Gasteiger charge is 2.60. The Bertz CT molecular complexity index is 665. The van der Waals surface area contributed by atoms with Crippen LogP contribution >= 0.6 is 11.6 Å². The summed E-state index contributed by atoms with van der Waals surface area (Å²) in [5.74, 6) is -0.341. The molecular weight excluding hydrogens is 265 g/mol. The maximum absolute atomic E-state index is 12.9. The maximum atomic E-state index is 12.9. The number of epoxide rings is 1. The molecule has 0 radical (unpaired) electrons. The molecule has 0 saturated carbocycles.